The Labute approximate surface area is 166 Å². The first kappa shape index (κ1) is 20.6. The van der Waals surface area contributed by atoms with Gasteiger partial charge in [-0.15, -0.1) is 0 Å². The number of hydrogen-bond donors (Lipinski definition) is 1. The van der Waals surface area contributed by atoms with E-state index in [1.165, 1.54) is 4.31 Å². The van der Waals surface area contributed by atoms with Gasteiger partial charge < -0.3 is 9.32 Å². The van der Waals surface area contributed by atoms with Crippen LogP contribution >= 0.6 is 0 Å². The normalized spacial score (nSPS) is 16.9. The van der Waals surface area contributed by atoms with Crippen molar-refractivity contribution in [2.45, 2.75) is 31.7 Å². The number of carbonyl (C=O) groups is 1. The number of nitrogens with one attached hydrogen (secondary N) is 1. The molecule has 152 valence electrons. The van der Waals surface area contributed by atoms with Crippen molar-refractivity contribution in [3.63, 3.8) is 0 Å². The van der Waals surface area contributed by atoms with Crippen LogP contribution in [0.5, 0.6) is 0 Å². The molecular weight excluding hydrogens is 378 g/mol. The van der Waals surface area contributed by atoms with E-state index in [4.69, 9.17) is 4.42 Å². The van der Waals surface area contributed by atoms with E-state index in [0.717, 1.165) is 16.9 Å². The topological polar surface area (TPSA) is 82.9 Å². The first-order valence-corrected chi connectivity index (χ1v) is 10.8. The molecule has 0 radical (unpaired) electrons. The van der Waals surface area contributed by atoms with Crippen LogP contribution in [0.3, 0.4) is 0 Å². The van der Waals surface area contributed by atoms with Gasteiger partial charge in [-0.05, 0) is 44.5 Å². The molecule has 1 fully saturated rings. The zero-order chi connectivity index (χ0) is 20.3. The molecule has 1 aromatic carbocycles. The fourth-order valence-electron chi connectivity index (χ4n) is 3.40. The summed E-state index contributed by atoms with van der Waals surface area (Å²) in [7, 11) is -3.55. The summed E-state index contributed by atoms with van der Waals surface area (Å²) >= 11 is 0. The number of rotatable bonds is 6. The van der Waals surface area contributed by atoms with Gasteiger partial charge >= 0.3 is 0 Å². The van der Waals surface area contributed by atoms with Gasteiger partial charge in [0.05, 0.1) is 23.7 Å². The van der Waals surface area contributed by atoms with E-state index in [0.29, 0.717) is 31.1 Å². The van der Waals surface area contributed by atoms with Crippen LogP contribution in [-0.4, -0.2) is 56.3 Å². The highest BCUT2D eigenvalue weighted by atomic mass is 32.2. The number of aryl methyl sites for hydroxylation is 2. The van der Waals surface area contributed by atoms with Crippen molar-refractivity contribution in [1.29, 1.82) is 0 Å². The Morgan fingerprint density at radius 3 is 2.50 bits per heavy atom. The molecule has 0 spiro atoms. The summed E-state index contributed by atoms with van der Waals surface area (Å²) in [6, 6.07) is 8.95. The summed E-state index contributed by atoms with van der Waals surface area (Å²) in [6.45, 7) is 7.25. The Hall–Kier alpha value is -2.16. The van der Waals surface area contributed by atoms with Crippen LogP contribution in [-0.2, 0) is 14.8 Å². The molecule has 8 heteroatoms. The van der Waals surface area contributed by atoms with Crippen LogP contribution in [0, 0.1) is 13.8 Å². The van der Waals surface area contributed by atoms with Crippen molar-refractivity contribution in [1.82, 2.24) is 14.5 Å². The summed E-state index contributed by atoms with van der Waals surface area (Å²) in [6.07, 6.45) is 1.60. The van der Waals surface area contributed by atoms with Crippen LogP contribution in [0.2, 0.25) is 0 Å². The Morgan fingerprint density at radius 1 is 1.18 bits per heavy atom. The lowest BCUT2D eigenvalue weighted by atomic mass is 10.2. The fourth-order valence-corrected chi connectivity index (χ4v) is 5.02. The molecule has 1 N–H and O–H groups in total. The molecule has 3 rings (SSSR count). The molecule has 0 bridgehead atoms. The molecule has 1 aliphatic rings. The molecular formula is C20H27N3O4S. The van der Waals surface area contributed by atoms with Gasteiger partial charge in [-0.1, -0.05) is 17.7 Å². The first-order valence-electron chi connectivity index (χ1n) is 9.41. The van der Waals surface area contributed by atoms with Gasteiger partial charge in [0.25, 0.3) is 0 Å². The van der Waals surface area contributed by atoms with Crippen LogP contribution in [0.1, 0.15) is 29.9 Å². The van der Waals surface area contributed by atoms with Crippen molar-refractivity contribution in [2.75, 3.05) is 32.7 Å². The highest BCUT2D eigenvalue weighted by Crippen LogP contribution is 2.22. The quantitative estimate of drug-likeness (QED) is 0.796. The Morgan fingerprint density at radius 2 is 1.89 bits per heavy atom. The molecule has 1 saturated heterocycles. The third-order valence-corrected chi connectivity index (χ3v) is 7.13. The summed E-state index contributed by atoms with van der Waals surface area (Å²) in [5.74, 6) is 0.735. The highest BCUT2D eigenvalue weighted by molar-refractivity contribution is 7.89. The number of amides is 1. The summed E-state index contributed by atoms with van der Waals surface area (Å²) in [4.78, 5) is 14.5. The lowest BCUT2D eigenvalue weighted by Gasteiger charge is -2.34. The van der Waals surface area contributed by atoms with Crippen molar-refractivity contribution in [3.05, 3.63) is 53.5 Å². The Bertz CT molecular complexity index is 917. The predicted octanol–water partition coefficient (Wildman–Crippen LogP) is 2.08. The van der Waals surface area contributed by atoms with Crippen molar-refractivity contribution in [2.24, 2.45) is 0 Å². The van der Waals surface area contributed by atoms with Crippen molar-refractivity contribution < 1.29 is 17.6 Å². The molecule has 0 saturated carbocycles. The van der Waals surface area contributed by atoms with Crippen molar-refractivity contribution >= 4 is 15.9 Å². The minimum Gasteiger partial charge on any atom is -0.468 e. The van der Waals surface area contributed by atoms with E-state index in [1.807, 2.05) is 45.0 Å². The zero-order valence-corrected chi connectivity index (χ0v) is 17.3. The van der Waals surface area contributed by atoms with E-state index < -0.39 is 10.0 Å². The van der Waals surface area contributed by atoms with Gasteiger partial charge in [-0.25, -0.2) is 8.42 Å². The zero-order valence-electron chi connectivity index (χ0n) is 16.5. The molecule has 0 aliphatic carbocycles. The summed E-state index contributed by atoms with van der Waals surface area (Å²) in [5.41, 5.74) is 1.78. The van der Waals surface area contributed by atoms with Crippen LogP contribution in [0.25, 0.3) is 0 Å². The van der Waals surface area contributed by atoms with Crippen LogP contribution in [0.15, 0.2) is 45.9 Å². The number of nitrogens with zero attached hydrogens (tertiary/aromatic N) is 2. The monoisotopic (exact) mass is 405 g/mol. The third kappa shape index (κ3) is 4.45. The molecule has 2 aromatic rings. The first-order chi connectivity index (χ1) is 13.3. The standard InChI is InChI=1S/C20H27N3O4S/c1-15-6-7-19(16(2)13-15)28(25,26)23-10-8-22(9-11-23)20(24)14-21-17(3)18-5-4-12-27-18/h4-7,12-13,17,21H,8-11,14H2,1-3H3/t17-/m1/s1. The molecule has 0 unspecified atom stereocenters. The van der Waals surface area contributed by atoms with Crippen molar-refractivity contribution in [3.8, 4) is 0 Å². The van der Waals surface area contributed by atoms with E-state index in [1.54, 1.807) is 17.2 Å². The smallest absolute Gasteiger partial charge is 0.243 e. The second-order valence-corrected chi connectivity index (χ2v) is 9.08. The van der Waals surface area contributed by atoms with Gasteiger partial charge in [0, 0.05) is 26.2 Å². The van der Waals surface area contributed by atoms with Gasteiger partial charge in [0.1, 0.15) is 5.76 Å². The number of hydrogen-bond acceptors (Lipinski definition) is 5. The van der Waals surface area contributed by atoms with E-state index in [9.17, 15) is 13.2 Å². The predicted molar refractivity (Wildman–Crippen MR) is 106 cm³/mol. The van der Waals surface area contributed by atoms with E-state index in [2.05, 4.69) is 5.32 Å². The second-order valence-electron chi connectivity index (χ2n) is 7.17. The maximum atomic E-state index is 12.9. The lowest BCUT2D eigenvalue weighted by molar-refractivity contribution is -0.131. The molecule has 1 aromatic heterocycles. The Kier molecular flexibility index (Phi) is 6.22. The van der Waals surface area contributed by atoms with Gasteiger partial charge in [-0.3, -0.25) is 10.1 Å². The maximum Gasteiger partial charge on any atom is 0.243 e. The van der Waals surface area contributed by atoms with Crippen LogP contribution in [0.4, 0.5) is 0 Å². The number of piperazine rings is 1. The minimum atomic E-state index is -3.55. The average Bonchev–Trinajstić information content (AvgIpc) is 3.20. The summed E-state index contributed by atoms with van der Waals surface area (Å²) in [5, 5.41) is 3.15. The SMILES string of the molecule is Cc1ccc(S(=O)(=O)N2CCN(C(=O)CN[C@H](C)c3ccco3)CC2)c(C)c1. The lowest BCUT2D eigenvalue weighted by Crippen LogP contribution is -2.52. The van der Waals surface area contributed by atoms with Gasteiger partial charge in [0.2, 0.25) is 15.9 Å². The summed E-state index contributed by atoms with van der Waals surface area (Å²) < 4.78 is 32.7. The average molecular weight is 406 g/mol. The molecule has 1 amide bonds. The molecule has 2 heterocycles. The highest BCUT2D eigenvalue weighted by Gasteiger charge is 2.31. The minimum absolute atomic E-state index is 0.0398. The largest absolute Gasteiger partial charge is 0.468 e. The second kappa shape index (κ2) is 8.46. The molecule has 28 heavy (non-hydrogen) atoms. The van der Waals surface area contributed by atoms with Gasteiger partial charge in [-0.2, -0.15) is 4.31 Å². The Balaban J connectivity index is 1.55. The molecule has 7 nitrogen and oxygen atoms in total. The number of benzene rings is 1. The van der Waals surface area contributed by atoms with E-state index >= 15 is 0 Å². The van der Waals surface area contributed by atoms with Gasteiger partial charge in [0.15, 0.2) is 0 Å². The maximum absolute atomic E-state index is 12.9. The van der Waals surface area contributed by atoms with Crippen LogP contribution < -0.4 is 5.32 Å². The third-order valence-electron chi connectivity index (χ3n) is 5.07. The molecule has 1 atom stereocenters. The fraction of sp³-hybridized carbons (Fsp3) is 0.450. The number of furan rings is 1. The van der Waals surface area contributed by atoms with E-state index in [-0.39, 0.29) is 18.5 Å². The number of carbonyl (C=O) groups excluding carboxylic acids is 1. The molecule has 1 aliphatic heterocycles. The number of sulfonamides is 1.